The highest BCUT2D eigenvalue weighted by Gasteiger charge is 2.20. The van der Waals surface area contributed by atoms with Crippen molar-refractivity contribution in [1.82, 2.24) is 10.3 Å². The van der Waals surface area contributed by atoms with Crippen molar-refractivity contribution in [3.05, 3.63) is 35.0 Å². The summed E-state index contributed by atoms with van der Waals surface area (Å²) < 4.78 is 0. The van der Waals surface area contributed by atoms with Crippen LogP contribution in [0.3, 0.4) is 0 Å². The van der Waals surface area contributed by atoms with E-state index >= 15 is 0 Å². The molecule has 2 N–H and O–H groups in total. The molecule has 0 fully saturated rings. The largest absolute Gasteiger partial charge is 0.358 e. The Labute approximate surface area is 151 Å². The zero-order valence-corrected chi connectivity index (χ0v) is 16.1. The van der Waals surface area contributed by atoms with E-state index in [4.69, 9.17) is 0 Å². The predicted molar refractivity (Wildman–Crippen MR) is 105 cm³/mol. The van der Waals surface area contributed by atoms with E-state index in [1.807, 2.05) is 6.07 Å². The first-order chi connectivity index (χ1) is 11.9. The lowest BCUT2D eigenvalue weighted by Gasteiger charge is -2.18. The van der Waals surface area contributed by atoms with Crippen LogP contribution in [0.2, 0.25) is 0 Å². The van der Waals surface area contributed by atoms with Gasteiger partial charge in [0.15, 0.2) is 0 Å². The zero-order chi connectivity index (χ0) is 18.0. The van der Waals surface area contributed by atoms with E-state index in [2.05, 4.69) is 50.1 Å². The Hall–Kier alpha value is -1.77. The molecule has 0 unspecified atom stereocenters. The summed E-state index contributed by atoms with van der Waals surface area (Å²) in [5.41, 5.74) is 4.74. The number of hydrogen-bond acceptors (Lipinski definition) is 1. The van der Waals surface area contributed by atoms with Crippen LogP contribution in [-0.2, 0) is 12.8 Å². The van der Waals surface area contributed by atoms with E-state index in [1.165, 1.54) is 41.4 Å². The highest BCUT2D eigenvalue weighted by atomic mass is 16.1. The van der Waals surface area contributed by atoms with Crippen LogP contribution in [0.15, 0.2) is 18.2 Å². The summed E-state index contributed by atoms with van der Waals surface area (Å²) >= 11 is 0. The number of hydrogen-bond donors (Lipinski definition) is 2. The van der Waals surface area contributed by atoms with Gasteiger partial charge in [-0.15, -0.1) is 0 Å². The number of aromatic nitrogens is 1. The van der Waals surface area contributed by atoms with Crippen molar-refractivity contribution >= 4 is 16.8 Å². The summed E-state index contributed by atoms with van der Waals surface area (Å²) in [7, 11) is 0. The Bertz CT molecular complexity index is 744. The number of aryl methyl sites for hydroxylation is 1. The minimum Gasteiger partial charge on any atom is -0.358 e. The number of carbonyl (C=O) groups is 1. The second-order valence-corrected chi connectivity index (χ2v) is 8.39. The number of H-pyrrole nitrogens is 1. The average molecular weight is 341 g/mol. The Morgan fingerprint density at radius 3 is 2.84 bits per heavy atom. The molecule has 3 heteroatoms. The lowest BCUT2D eigenvalue weighted by molar-refractivity contribution is 0.0938. The summed E-state index contributed by atoms with van der Waals surface area (Å²) in [6, 6.07) is 6.32. The van der Waals surface area contributed by atoms with Gasteiger partial charge in [-0.2, -0.15) is 0 Å². The molecule has 25 heavy (non-hydrogen) atoms. The summed E-state index contributed by atoms with van der Waals surface area (Å²) in [4.78, 5) is 16.2. The normalized spacial score (nSPS) is 18.4. The Kier molecular flexibility index (Phi) is 5.51. The van der Waals surface area contributed by atoms with E-state index in [1.54, 1.807) is 0 Å². The first-order valence-corrected chi connectivity index (χ1v) is 9.88. The van der Waals surface area contributed by atoms with Gasteiger partial charge in [0.2, 0.25) is 0 Å². The number of benzene rings is 1. The van der Waals surface area contributed by atoms with Crippen LogP contribution < -0.4 is 5.32 Å². The number of carbonyl (C=O) groups excluding carboxylic acids is 1. The topological polar surface area (TPSA) is 44.9 Å². The monoisotopic (exact) mass is 340 g/mol. The van der Waals surface area contributed by atoms with Crippen molar-refractivity contribution in [3.63, 3.8) is 0 Å². The van der Waals surface area contributed by atoms with Crippen LogP contribution in [0.25, 0.3) is 10.9 Å². The molecule has 1 heterocycles. The van der Waals surface area contributed by atoms with Crippen LogP contribution in [0.5, 0.6) is 0 Å². The van der Waals surface area contributed by atoms with Crippen LogP contribution in [0.4, 0.5) is 0 Å². The molecule has 0 saturated carbocycles. The molecule has 1 aliphatic rings. The molecule has 0 bridgehead atoms. The summed E-state index contributed by atoms with van der Waals surface area (Å²) in [6.45, 7) is 8.92. The first-order valence-electron chi connectivity index (χ1n) is 9.88. The van der Waals surface area contributed by atoms with Crippen molar-refractivity contribution < 1.29 is 4.79 Å². The fourth-order valence-electron chi connectivity index (χ4n) is 3.94. The van der Waals surface area contributed by atoms with Gasteiger partial charge in [0.1, 0.15) is 0 Å². The smallest absolute Gasteiger partial charge is 0.251 e. The molecule has 0 spiro atoms. The molecule has 0 radical (unpaired) electrons. The minimum atomic E-state index is 0.0535. The standard InChI is InChI=1S/C22H32N2O/c1-14(2)6-5-7-16(4)23-22(25)17-9-11-21-19(13-17)18-12-15(3)8-10-20(18)24-21/h9,11,13-16,24H,5-8,10,12H2,1-4H3,(H,23,25)/t15-,16+/m0/s1. The van der Waals surface area contributed by atoms with Crippen molar-refractivity contribution in [3.8, 4) is 0 Å². The van der Waals surface area contributed by atoms with E-state index < -0.39 is 0 Å². The second kappa shape index (κ2) is 7.63. The van der Waals surface area contributed by atoms with Crippen LogP contribution in [0, 0.1) is 11.8 Å². The maximum atomic E-state index is 12.6. The maximum Gasteiger partial charge on any atom is 0.251 e. The van der Waals surface area contributed by atoms with Gasteiger partial charge in [0.25, 0.3) is 5.91 Å². The lowest BCUT2D eigenvalue weighted by Crippen LogP contribution is -2.32. The fraction of sp³-hybridized carbons (Fsp3) is 0.591. The fourth-order valence-corrected chi connectivity index (χ4v) is 3.94. The molecule has 1 aromatic heterocycles. The third kappa shape index (κ3) is 4.26. The third-order valence-corrected chi connectivity index (χ3v) is 5.49. The molecule has 0 aliphatic heterocycles. The Balaban J connectivity index is 1.70. The van der Waals surface area contributed by atoms with Crippen molar-refractivity contribution in [2.45, 2.75) is 72.3 Å². The predicted octanol–water partition coefficient (Wildman–Crippen LogP) is 5.24. The van der Waals surface area contributed by atoms with E-state index in [0.29, 0.717) is 0 Å². The quantitative estimate of drug-likeness (QED) is 0.742. The number of fused-ring (bicyclic) bond motifs is 3. The van der Waals surface area contributed by atoms with Gasteiger partial charge in [-0.25, -0.2) is 0 Å². The molecular weight excluding hydrogens is 308 g/mol. The highest BCUT2D eigenvalue weighted by Crippen LogP contribution is 2.32. The maximum absolute atomic E-state index is 12.6. The first kappa shape index (κ1) is 18.0. The Morgan fingerprint density at radius 1 is 1.28 bits per heavy atom. The SMILES string of the molecule is CC(C)CCC[C@@H](C)NC(=O)c1ccc2[nH]c3c(c2c1)C[C@@H](C)CC3. The van der Waals surface area contributed by atoms with E-state index in [9.17, 15) is 4.79 Å². The number of aromatic amines is 1. The van der Waals surface area contributed by atoms with E-state index in [0.717, 1.165) is 36.7 Å². The molecule has 1 aromatic carbocycles. The van der Waals surface area contributed by atoms with Gasteiger partial charge in [-0.05, 0) is 68.2 Å². The van der Waals surface area contributed by atoms with Gasteiger partial charge < -0.3 is 10.3 Å². The van der Waals surface area contributed by atoms with Gasteiger partial charge in [0.05, 0.1) is 0 Å². The van der Waals surface area contributed by atoms with Crippen molar-refractivity contribution in [1.29, 1.82) is 0 Å². The molecule has 2 atom stereocenters. The molecule has 1 aliphatic carbocycles. The van der Waals surface area contributed by atoms with Gasteiger partial charge in [-0.1, -0.05) is 33.6 Å². The lowest BCUT2D eigenvalue weighted by atomic mass is 9.87. The molecule has 2 aromatic rings. The second-order valence-electron chi connectivity index (χ2n) is 8.39. The third-order valence-electron chi connectivity index (χ3n) is 5.49. The average Bonchev–Trinajstić information content (AvgIpc) is 2.91. The zero-order valence-electron chi connectivity index (χ0n) is 16.1. The molecule has 3 rings (SSSR count). The highest BCUT2D eigenvalue weighted by molar-refractivity contribution is 5.99. The molecule has 3 nitrogen and oxygen atoms in total. The molecule has 0 saturated heterocycles. The van der Waals surface area contributed by atoms with Crippen molar-refractivity contribution in [2.75, 3.05) is 0 Å². The number of rotatable bonds is 6. The minimum absolute atomic E-state index is 0.0535. The van der Waals surface area contributed by atoms with Gasteiger partial charge in [0, 0.05) is 28.2 Å². The van der Waals surface area contributed by atoms with Gasteiger partial charge in [-0.3, -0.25) is 4.79 Å². The molecule has 136 valence electrons. The Morgan fingerprint density at radius 2 is 2.08 bits per heavy atom. The van der Waals surface area contributed by atoms with Crippen LogP contribution >= 0.6 is 0 Å². The van der Waals surface area contributed by atoms with Crippen LogP contribution in [0.1, 0.15) is 75.0 Å². The van der Waals surface area contributed by atoms with Crippen LogP contribution in [-0.4, -0.2) is 16.9 Å². The van der Waals surface area contributed by atoms with Crippen molar-refractivity contribution in [2.24, 2.45) is 11.8 Å². The van der Waals surface area contributed by atoms with Gasteiger partial charge >= 0.3 is 0 Å². The summed E-state index contributed by atoms with van der Waals surface area (Å²) in [5.74, 6) is 1.51. The number of nitrogens with one attached hydrogen (secondary N) is 2. The molecule has 1 amide bonds. The summed E-state index contributed by atoms with van der Waals surface area (Å²) in [5, 5.41) is 4.40. The number of amides is 1. The molecular formula is C22H32N2O. The van der Waals surface area contributed by atoms with E-state index in [-0.39, 0.29) is 11.9 Å². The summed E-state index contributed by atoms with van der Waals surface area (Å²) in [6.07, 6.45) is 6.93.